The number of unbranched alkanes of at least 4 members (excludes halogenated alkanes) is 2. The molecule has 2 heteroatoms. The van der Waals surface area contributed by atoms with Crippen molar-refractivity contribution in [1.29, 1.82) is 0 Å². The lowest BCUT2D eigenvalue weighted by Crippen LogP contribution is -2.01. The molecule has 0 saturated heterocycles. The topological polar surface area (TPSA) is 20.2 Å². The summed E-state index contributed by atoms with van der Waals surface area (Å²) in [6.45, 7) is 2.20. The van der Waals surface area contributed by atoms with E-state index in [0.717, 1.165) is 18.4 Å². The minimum Gasteiger partial charge on any atom is -0.388 e. The second-order valence-corrected chi connectivity index (χ2v) is 8.57. The van der Waals surface area contributed by atoms with Crippen LogP contribution in [0.25, 0.3) is 5.57 Å². The predicted molar refractivity (Wildman–Crippen MR) is 114 cm³/mol. The van der Waals surface area contributed by atoms with Crippen molar-refractivity contribution in [3.05, 3.63) is 63.9 Å². The first-order chi connectivity index (χ1) is 12.8. The van der Waals surface area contributed by atoms with Gasteiger partial charge in [-0.15, -0.1) is 11.3 Å². The molecule has 0 bridgehead atoms. The fraction of sp³-hybridized carbons (Fsp3) is 0.500. The molecule has 0 radical (unpaired) electrons. The summed E-state index contributed by atoms with van der Waals surface area (Å²) in [6.07, 6.45) is 12.8. The van der Waals surface area contributed by atoms with E-state index >= 15 is 0 Å². The fourth-order valence-corrected chi connectivity index (χ4v) is 4.80. The highest BCUT2D eigenvalue weighted by Gasteiger charge is 2.20. The maximum atomic E-state index is 10.3. The summed E-state index contributed by atoms with van der Waals surface area (Å²) in [7, 11) is 0. The van der Waals surface area contributed by atoms with Gasteiger partial charge in [0, 0.05) is 4.88 Å². The summed E-state index contributed by atoms with van der Waals surface area (Å²) in [5, 5.41) is 12.5. The van der Waals surface area contributed by atoms with Gasteiger partial charge in [-0.1, -0.05) is 62.6 Å². The van der Waals surface area contributed by atoms with Crippen molar-refractivity contribution < 1.29 is 5.11 Å². The second kappa shape index (κ2) is 10.1. The zero-order valence-electron chi connectivity index (χ0n) is 16.0. The van der Waals surface area contributed by atoms with E-state index < -0.39 is 0 Å². The molecule has 2 aromatic rings. The number of aliphatic hydroxyl groups is 1. The predicted octanol–water partition coefficient (Wildman–Crippen LogP) is 7.18. The van der Waals surface area contributed by atoms with Gasteiger partial charge in [0.15, 0.2) is 0 Å². The van der Waals surface area contributed by atoms with E-state index in [0.29, 0.717) is 5.92 Å². The number of rotatable bonds is 10. The van der Waals surface area contributed by atoms with Crippen LogP contribution in [0.1, 0.15) is 80.4 Å². The zero-order valence-corrected chi connectivity index (χ0v) is 16.8. The van der Waals surface area contributed by atoms with Gasteiger partial charge >= 0.3 is 0 Å². The van der Waals surface area contributed by atoms with Crippen LogP contribution in [0.4, 0.5) is 0 Å². The number of benzene rings is 1. The summed E-state index contributed by atoms with van der Waals surface area (Å²) in [5.74, 6) is 0.704. The third-order valence-electron chi connectivity index (χ3n) is 5.58. The maximum Gasteiger partial charge on any atom is 0.0790 e. The molecule has 26 heavy (non-hydrogen) atoms. The van der Waals surface area contributed by atoms with Crippen molar-refractivity contribution in [2.24, 2.45) is 5.92 Å². The molecule has 3 rings (SSSR count). The van der Waals surface area contributed by atoms with E-state index in [9.17, 15) is 5.11 Å². The maximum absolute atomic E-state index is 10.3. The van der Waals surface area contributed by atoms with E-state index in [1.807, 2.05) is 11.3 Å². The molecular weight excluding hydrogens is 336 g/mol. The standard InChI is InChI=1S/C24H32OS/c1-2-3-4-13-24(25)21-16-14-20(15-17-21)23-12-6-9-19(23)8-5-10-22-11-7-18-26-22/h7,11-12,14-19,24-25H,2-6,8-10,13H2,1H3/t19-,24?/m0/s1. The molecule has 0 aliphatic heterocycles. The molecule has 1 aromatic carbocycles. The van der Waals surface area contributed by atoms with Crippen LogP contribution in [0.3, 0.4) is 0 Å². The van der Waals surface area contributed by atoms with Gasteiger partial charge in [0.2, 0.25) is 0 Å². The Balaban J connectivity index is 1.53. The lowest BCUT2D eigenvalue weighted by Gasteiger charge is -2.16. The van der Waals surface area contributed by atoms with Gasteiger partial charge in [-0.2, -0.15) is 0 Å². The molecule has 0 amide bonds. The first-order valence-electron chi connectivity index (χ1n) is 10.3. The summed E-state index contributed by atoms with van der Waals surface area (Å²) in [6, 6.07) is 13.1. The average molecular weight is 369 g/mol. The number of hydrogen-bond acceptors (Lipinski definition) is 2. The largest absolute Gasteiger partial charge is 0.388 e. The highest BCUT2D eigenvalue weighted by atomic mass is 32.1. The Morgan fingerprint density at radius 1 is 1.12 bits per heavy atom. The fourth-order valence-electron chi connectivity index (χ4n) is 4.05. The van der Waals surface area contributed by atoms with Crippen LogP contribution in [-0.2, 0) is 6.42 Å². The first kappa shape index (κ1) is 19.4. The number of hydrogen-bond donors (Lipinski definition) is 1. The Labute approximate surface area is 162 Å². The Bertz CT molecular complexity index is 669. The Kier molecular flexibility index (Phi) is 7.52. The second-order valence-electron chi connectivity index (χ2n) is 7.54. The average Bonchev–Trinajstić information content (AvgIpc) is 3.34. The van der Waals surface area contributed by atoms with Gasteiger partial charge in [0.25, 0.3) is 0 Å². The van der Waals surface area contributed by atoms with E-state index in [4.69, 9.17) is 0 Å². The summed E-state index contributed by atoms with van der Waals surface area (Å²) in [5.41, 5.74) is 3.95. The van der Waals surface area contributed by atoms with Crippen LogP contribution in [0.5, 0.6) is 0 Å². The molecule has 2 atom stereocenters. The highest BCUT2D eigenvalue weighted by molar-refractivity contribution is 7.09. The van der Waals surface area contributed by atoms with E-state index in [-0.39, 0.29) is 6.10 Å². The van der Waals surface area contributed by atoms with Crippen LogP contribution in [0, 0.1) is 5.92 Å². The number of thiophene rings is 1. The van der Waals surface area contributed by atoms with E-state index in [1.165, 1.54) is 61.0 Å². The molecular formula is C24H32OS. The minimum absolute atomic E-state index is 0.310. The molecule has 1 aromatic heterocycles. The van der Waals surface area contributed by atoms with E-state index in [1.54, 1.807) is 0 Å². The Morgan fingerprint density at radius 3 is 2.69 bits per heavy atom. The van der Waals surface area contributed by atoms with Gasteiger partial charge < -0.3 is 5.11 Å². The Morgan fingerprint density at radius 2 is 1.96 bits per heavy atom. The van der Waals surface area contributed by atoms with Gasteiger partial charge in [-0.3, -0.25) is 0 Å². The number of aliphatic hydroxyl groups excluding tert-OH is 1. The molecule has 1 N–H and O–H groups in total. The lowest BCUT2D eigenvalue weighted by atomic mass is 9.89. The SMILES string of the molecule is CCCCCC(O)c1ccc(C2=CCC[C@@H]2CCCc2cccs2)cc1. The molecule has 1 heterocycles. The summed E-state index contributed by atoms with van der Waals surface area (Å²) in [4.78, 5) is 1.51. The molecule has 1 unspecified atom stereocenters. The van der Waals surface area contributed by atoms with Gasteiger partial charge in [0.05, 0.1) is 6.10 Å². The van der Waals surface area contributed by atoms with Crippen LogP contribution in [-0.4, -0.2) is 5.11 Å². The van der Waals surface area contributed by atoms with Crippen molar-refractivity contribution in [1.82, 2.24) is 0 Å². The first-order valence-corrected chi connectivity index (χ1v) is 11.2. The van der Waals surface area contributed by atoms with Crippen molar-refractivity contribution in [3.63, 3.8) is 0 Å². The van der Waals surface area contributed by atoms with Crippen LogP contribution < -0.4 is 0 Å². The van der Waals surface area contributed by atoms with Crippen LogP contribution in [0.15, 0.2) is 47.9 Å². The van der Waals surface area contributed by atoms with Gasteiger partial charge in [-0.05, 0) is 72.6 Å². The monoisotopic (exact) mass is 368 g/mol. The molecule has 0 fully saturated rings. The van der Waals surface area contributed by atoms with Crippen molar-refractivity contribution in [3.8, 4) is 0 Å². The highest BCUT2D eigenvalue weighted by Crippen LogP contribution is 2.37. The lowest BCUT2D eigenvalue weighted by molar-refractivity contribution is 0.163. The zero-order chi connectivity index (χ0) is 18.2. The summed E-state index contributed by atoms with van der Waals surface area (Å²) >= 11 is 1.88. The smallest absolute Gasteiger partial charge is 0.0790 e. The third kappa shape index (κ3) is 5.31. The van der Waals surface area contributed by atoms with Crippen molar-refractivity contribution >= 4 is 16.9 Å². The molecule has 0 saturated carbocycles. The molecule has 140 valence electrons. The number of aryl methyl sites for hydroxylation is 1. The molecule has 0 spiro atoms. The molecule has 1 aliphatic carbocycles. The minimum atomic E-state index is -0.310. The number of allylic oxidation sites excluding steroid dienone is 2. The van der Waals surface area contributed by atoms with Gasteiger partial charge in [-0.25, -0.2) is 0 Å². The van der Waals surface area contributed by atoms with Crippen molar-refractivity contribution in [2.45, 2.75) is 70.8 Å². The molecule has 1 aliphatic rings. The van der Waals surface area contributed by atoms with E-state index in [2.05, 4.69) is 54.8 Å². The quantitative estimate of drug-likeness (QED) is 0.440. The van der Waals surface area contributed by atoms with Crippen LogP contribution >= 0.6 is 11.3 Å². The third-order valence-corrected chi connectivity index (χ3v) is 6.52. The van der Waals surface area contributed by atoms with Crippen molar-refractivity contribution in [2.75, 3.05) is 0 Å². The normalized spacial score (nSPS) is 18.1. The molecule has 1 nitrogen and oxygen atoms in total. The van der Waals surface area contributed by atoms with Gasteiger partial charge in [0.1, 0.15) is 0 Å². The van der Waals surface area contributed by atoms with Crippen LogP contribution in [0.2, 0.25) is 0 Å². The Hall–Kier alpha value is -1.38. The summed E-state index contributed by atoms with van der Waals surface area (Å²) < 4.78 is 0.